The minimum Gasteiger partial charge on any atom is -0.393 e. The average molecular weight is 222 g/mol. The van der Waals surface area contributed by atoms with Gasteiger partial charge in [-0.1, -0.05) is 13.8 Å². The summed E-state index contributed by atoms with van der Waals surface area (Å²) in [5.74, 6) is 1.30. The van der Waals surface area contributed by atoms with Crippen molar-refractivity contribution in [3.8, 4) is 0 Å². The summed E-state index contributed by atoms with van der Waals surface area (Å²) in [5, 5.41) is 14.2. The molecule has 0 aliphatic heterocycles. The van der Waals surface area contributed by atoms with Crippen molar-refractivity contribution < 1.29 is 5.11 Å². The van der Waals surface area contributed by atoms with Gasteiger partial charge in [0.05, 0.1) is 18.3 Å². The number of aromatic nitrogens is 2. The Morgan fingerprint density at radius 1 is 1.44 bits per heavy atom. The number of aliphatic hydroxyl groups is 1. The molecule has 1 N–H and O–H groups in total. The highest BCUT2D eigenvalue weighted by atomic mass is 16.3. The first-order valence-corrected chi connectivity index (χ1v) is 6.26. The van der Waals surface area contributed by atoms with Crippen molar-refractivity contribution in [1.82, 2.24) is 9.78 Å². The van der Waals surface area contributed by atoms with E-state index in [1.165, 1.54) is 5.56 Å². The number of nitrogens with zero attached hydrogens (tertiary/aromatic N) is 2. The van der Waals surface area contributed by atoms with E-state index in [1.54, 1.807) is 0 Å². The quantitative estimate of drug-likeness (QED) is 0.835. The van der Waals surface area contributed by atoms with Crippen molar-refractivity contribution in [2.75, 3.05) is 0 Å². The van der Waals surface area contributed by atoms with Gasteiger partial charge in [-0.2, -0.15) is 5.10 Å². The van der Waals surface area contributed by atoms with Crippen LogP contribution in [0.3, 0.4) is 0 Å². The van der Waals surface area contributed by atoms with Crippen molar-refractivity contribution >= 4 is 0 Å². The molecule has 3 nitrogen and oxygen atoms in total. The molecule has 3 atom stereocenters. The Morgan fingerprint density at radius 2 is 2.19 bits per heavy atom. The summed E-state index contributed by atoms with van der Waals surface area (Å²) >= 11 is 0. The molecule has 0 radical (unpaired) electrons. The molecule has 1 aromatic rings. The van der Waals surface area contributed by atoms with E-state index in [9.17, 15) is 5.11 Å². The lowest BCUT2D eigenvalue weighted by Crippen LogP contribution is -2.33. The lowest BCUT2D eigenvalue weighted by molar-refractivity contribution is 0.0521. The van der Waals surface area contributed by atoms with E-state index in [4.69, 9.17) is 0 Å². The lowest BCUT2D eigenvalue weighted by atomic mass is 9.77. The summed E-state index contributed by atoms with van der Waals surface area (Å²) in [6.45, 7) is 6.60. The van der Waals surface area contributed by atoms with E-state index in [0.29, 0.717) is 17.9 Å². The minimum atomic E-state index is -0.149. The number of hydrogen-bond donors (Lipinski definition) is 1. The largest absolute Gasteiger partial charge is 0.393 e. The van der Waals surface area contributed by atoms with Crippen molar-refractivity contribution in [3.63, 3.8) is 0 Å². The van der Waals surface area contributed by atoms with Gasteiger partial charge in [0.1, 0.15) is 0 Å². The third-order valence-corrected chi connectivity index (χ3v) is 3.77. The summed E-state index contributed by atoms with van der Waals surface area (Å²) in [4.78, 5) is 0. The predicted molar refractivity (Wildman–Crippen MR) is 64.2 cm³/mol. The van der Waals surface area contributed by atoms with Crippen LogP contribution in [-0.2, 0) is 0 Å². The maximum Gasteiger partial charge on any atom is 0.0574 e. The molecular weight excluding hydrogens is 200 g/mol. The first kappa shape index (κ1) is 11.6. The molecular formula is C13H22N2O. The van der Waals surface area contributed by atoms with Crippen molar-refractivity contribution in [3.05, 3.63) is 18.0 Å². The monoisotopic (exact) mass is 222 g/mol. The van der Waals surface area contributed by atoms with Gasteiger partial charge < -0.3 is 5.11 Å². The van der Waals surface area contributed by atoms with Gasteiger partial charge in [0.15, 0.2) is 0 Å². The second kappa shape index (κ2) is 4.58. The van der Waals surface area contributed by atoms with Crippen LogP contribution >= 0.6 is 0 Å². The molecule has 3 heteroatoms. The molecule has 1 aromatic heterocycles. The molecule has 0 spiro atoms. The van der Waals surface area contributed by atoms with E-state index < -0.39 is 0 Å². The van der Waals surface area contributed by atoms with Gasteiger partial charge >= 0.3 is 0 Å². The molecule has 0 bridgehead atoms. The Hall–Kier alpha value is -0.830. The number of aryl methyl sites for hydroxylation is 1. The summed E-state index contributed by atoms with van der Waals surface area (Å²) in [7, 11) is 0. The Labute approximate surface area is 97.5 Å². The lowest BCUT2D eigenvalue weighted by Gasteiger charge is -2.36. The fraction of sp³-hybridized carbons (Fsp3) is 0.769. The smallest absolute Gasteiger partial charge is 0.0574 e. The summed E-state index contributed by atoms with van der Waals surface area (Å²) in [6, 6.07) is 0.373. The second-order valence-corrected chi connectivity index (χ2v) is 5.44. The maximum absolute atomic E-state index is 9.81. The first-order chi connectivity index (χ1) is 7.58. The van der Waals surface area contributed by atoms with Crippen molar-refractivity contribution in [2.45, 2.75) is 52.2 Å². The average Bonchev–Trinajstić information content (AvgIpc) is 2.64. The van der Waals surface area contributed by atoms with Crippen LogP contribution in [0.4, 0.5) is 0 Å². The van der Waals surface area contributed by atoms with Crippen molar-refractivity contribution in [2.24, 2.45) is 11.8 Å². The van der Waals surface area contributed by atoms with Crippen LogP contribution in [0.2, 0.25) is 0 Å². The van der Waals surface area contributed by atoms with Crippen LogP contribution in [0.1, 0.15) is 44.7 Å². The van der Waals surface area contributed by atoms with Gasteiger partial charge in [0, 0.05) is 6.20 Å². The number of aliphatic hydroxyl groups excluding tert-OH is 1. The Balaban J connectivity index is 2.20. The molecule has 0 saturated heterocycles. The molecule has 0 amide bonds. The van der Waals surface area contributed by atoms with E-state index >= 15 is 0 Å². The molecule has 3 unspecified atom stereocenters. The second-order valence-electron chi connectivity index (χ2n) is 5.44. The molecule has 1 aliphatic rings. The Morgan fingerprint density at radius 3 is 2.75 bits per heavy atom. The van der Waals surface area contributed by atoms with E-state index in [1.807, 2.05) is 6.20 Å². The molecule has 1 heterocycles. The summed E-state index contributed by atoms with van der Waals surface area (Å²) in [5.41, 5.74) is 1.20. The topological polar surface area (TPSA) is 38.0 Å². The molecule has 1 fully saturated rings. The highest BCUT2D eigenvalue weighted by Crippen LogP contribution is 2.38. The van der Waals surface area contributed by atoms with Gasteiger partial charge in [-0.25, -0.2) is 0 Å². The molecule has 90 valence electrons. The van der Waals surface area contributed by atoms with E-state index in [2.05, 4.69) is 36.7 Å². The van der Waals surface area contributed by atoms with Gasteiger partial charge in [0.25, 0.3) is 0 Å². The molecule has 0 aromatic carbocycles. The first-order valence-electron chi connectivity index (χ1n) is 6.26. The molecule has 16 heavy (non-hydrogen) atoms. The minimum absolute atomic E-state index is 0.149. The summed E-state index contributed by atoms with van der Waals surface area (Å²) in [6.07, 6.45) is 6.76. The maximum atomic E-state index is 9.81. The zero-order valence-electron chi connectivity index (χ0n) is 10.4. The third-order valence-electron chi connectivity index (χ3n) is 3.77. The van der Waals surface area contributed by atoms with Gasteiger partial charge in [-0.05, 0) is 43.6 Å². The third kappa shape index (κ3) is 2.29. The van der Waals surface area contributed by atoms with E-state index in [-0.39, 0.29) is 6.10 Å². The van der Waals surface area contributed by atoms with Crippen molar-refractivity contribution in [1.29, 1.82) is 0 Å². The van der Waals surface area contributed by atoms with Crippen LogP contribution in [0, 0.1) is 18.8 Å². The highest BCUT2D eigenvalue weighted by Gasteiger charge is 2.33. The normalized spacial score (nSPS) is 30.9. The number of hydrogen-bond acceptors (Lipinski definition) is 2. The van der Waals surface area contributed by atoms with Gasteiger partial charge in [-0.15, -0.1) is 0 Å². The fourth-order valence-corrected chi connectivity index (χ4v) is 2.84. The van der Waals surface area contributed by atoms with Crippen LogP contribution in [0.25, 0.3) is 0 Å². The van der Waals surface area contributed by atoms with Gasteiger partial charge in [0.2, 0.25) is 0 Å². The van der Waals surface area contributed by atoms with Crippen LogP contribution in [-0.4, -0.2) is 21.0 Å². The zero-order valence-corrected chi connectivity index (χ0v) is 10.4. The Kier molecular flexibility index (Phi) is 3.33. The van der Waals surface area contributed by atoms with Crippen LogP contribution in [0.15, 0.2) is 12.4 Å². The standard InChI is InChI=1S/C13H22N2O/c1-9(2)12-5-4-11(16)6-13(12)15-8-10(3)7-14-15/h7-9,11-13,16H,4-6H2,1-3H3. The fourth-order valence-electron chi connectivity index (χ4n) is 2.84. The van der Waals surface area contributed by atoms with E-state index in [0.717, 1.165) is 19.3 Å². The Bertz CT molecular complexity index is 345. The molecule has 1 aliphatic carbocycles. The highest BCUT2D eigenvalue weighted by molar-refractivity contribution is 5.01. The predicted octanol–water partition coefficient (Wildman–Crippen LogP) is 2.55. The SMILES string of the molecule is Cc1cnn(C2CC(O)CCC2C(C)C)c1. The zero-order chi connectivity index (χ0) is 11.7. The van der Waals surface area contributed by atoms with Crippen LogP contribution < -0.4 is 0 Å². The molecule has 1 saturated carbocycles. The number of rotatable bonds is 2. The van der Waals surface area contributed by atoms with Gasteiger partial charge in [-0.3, -0.25) is 4.68 Å². The molecule has 2 rings (SSSR count). The summed E-state index contributed by atoms with van der Waals surface area (Å²) < 4.78 is 2.06. The van der Waals surface area contributed by atoms with Crippen LogP contribution in [0.5, 0.6) is 0 Å².